The summed E-state index contributed by atoms with van der Waals surface area (Å²) in [6, 6.07) is 5.93. The van der Waals surface area contributed by atoms with E-state index >= 15 is 0 Å². The number of hydrogen-bond donors (Lipinski definition) is 1. The molecule has 0 bridgehead atoms. The molecule has 1 fully saturated rings. The Morgan fingerprint density at radius 3 is 2.76 bits per heavy atom. The minimum Gasteiger partial charge on any atom is -0.398 e. The van der Waals surface area contributed by atoms with E-state index in [1.54, 1.807) is 6.07 Å². The molecule has 0 atom stereocenters. The van der Waals surface area contributed by atoms with Crippen LogP contribution < -0.4 is 5.73 Å². The smallest absolute Gasteiger partial charge is 0.183 e. The van der Waals surface area contributed by atoms with Crippen molar-refractivity contribution in [1.82, 2.24) is 20.2 Å². The summed E-state index contributed by atoms with van der Waals surface area (Å²) in [5.41, 5.74) is 7.24. The first kappa shape index (κ1) is 14.3. The Kier molecular flexibility index (Phi) is 4.10. The van der Waals surface area contributed by atoms with E-state index in [2.05, 4.69) is 22.4 Å². The van der Waals surface area contributed by atoms with Crippen molar-refractivity contribution in [3.8, 4) is 11.4 Å². The molecule has 1 saturated carbocycles. The number of tetrazole rings is 1. The highest BCUT2D eigenvalue weighted by molar-refractivity contribution is 6.35. The van der Waals surface area contributed by atoms with Gasteiger partial charge in [-0.25, -0.2) is 4.68 Å². The molecule has 0 unspecified atom stereocenters. The van der Waals surface area contributed by atoms with Crippen LogP contribution in [0.1, 0.15) is 45.1 Å². The first-order valence-corrected chi connectivity index (χ1v) is 7.90. The van der Waals surface area contributed by atoms with Crippen LogP contribution >= 0.6 is 11.6 Å². The van der Waals surface area contributed by atoms with Crippen LogP contribution in [0.2, 0.25) is 5.02 Å². The molecule has 1 aliphatic rings. The Balaban J connectivity index is 1.90. The molecule has 1 heterocycles. The van der Waals surface area contributed by atoms with Gasteiger partial charge in [-0.3, -0.25) is 0 Å². The molecule has 1 aromatic carbocycles. The number of halogens is 1. The number of nitrogen functional groups attached to an aromatic ring is 1. The fourth-order valence-corrected chi connectivity index (χ4v) is 3.35. The molecule has 0 saturated heterocycles. The van der Waals surface area contributed by atoms with Gasteiger partial charge in [-0.2, -0.15) is 0 Å². The van der Waals surface area contributed by atoms with Crippen molar-refractivity contribution in [2.45, 2.75) is 45.1 Å². The molecule has 1 aliphatic carbocycles. The Hall–Kier alpha value is -1.62. The highest BCUT2D eigenvalue weighted by Crippen LogP contribution is 2.37. The summed E-state index contributed by atoms with van der Waals surface area (Å²) in [7, 11) is 0. The molecule has 1 aromatic heterocycles. The average Bonchev–Trinajstić information content (AvgIpc) is 2.99. The van der Waals surface area contributed by atoms with Gasteiger partial charge in [0, 0.05) is 5.56 Å². The van der Waals surface area contributed by atoms with Gasteiger partial charge in [-0.1, -0.05) is 31.0 Å². The van der Waals surface area contributed by atoms with Gasteiger partial charge in [0.2, 0.25) is 0 Å². The lowest BCUT2D eigenvalue weighted by Gasteiger charge is -2.28. The van der Waals surface area contributed by atoms with Crippen molar-refractivity contribution in [3.05, 3.63) is 23.2 Å². The number of benzene rings is 1. The lowest BCUT2D eigenvalue weighted by molar-refractivity contribution is 0.255. The maximum absolute atomic E-state index is 6.31. The van der Waals surface area contributed by atoms with Crippen molar-refractivity contribution in [1.29, 1.82) is 0 Å². The Bertz CT molecular complexity index is 616. The molecule has 0 spiro atoms. The minimum atomic E-state index is 0.357. The van der Waals surface area contributed by atoms with E-state index in [1.165, 1.54) is 19.3 Å². The quantitative estimate of drug-likeness (QED) is 0.877. The zero-order valence-corrected chi connectivity index (χ0v) is 12.9. The van der Waals surface area contributed by atoms with E-state index < -0.39 is 0 Å². The highest BCUT2D eigenvalue weighted by Gasteiger charge is 2.25. The van der Waals surface area contributed by atoms with Gasteiger partial charge < -0.3 is 5.73 Å². The van der Waals surface area contributed by atoms with E-state index in [9.17, 15) is 0 Å². The summed E-state index contributed by atoms with van der Waals surface area (Å²) in [6.07, 6.45) is 5.99. The lowest BCUT2D eigenvalue weighted by Crippen LogP contribution is -2.19. The number of hydrogen-bond acceptors (Lipinski definition) is 4. The highest BCUT2D eigenvalue weighted by atomic mass is 35.5. The lowest BCUT2D eigenvalue weighted by atomic mass is 9.84. The second kappa shape index (κ2) is 6.02. The Morgan fingerprint density at radius 2 is 2.05 bits per heavy atom. The Labute approximate surface area is 129 Å². The molecular formula is C15H20ClN5. The van der Waals surface area contributed by atoms with Crippen molar-refractivity contribution in [3.63, 3.8) is 0 Å². The SMILES string of the molecule is CCC1CCC(n2nnnc2-c2cccc(N)c2Cl)CC1. The van der Waals surface area contributed by atoms with E-state index in [0.29, 0.717) is 22.6 Å². The monoisotopic (exact) mass is 305 g/mol. The molecule has 6 heteroatoms. The van der Waals surface area contributed by atoms with Crippen LogP contribution in [0, 0.1) is 5.92 Å². The summed E-state index contributed by atoms with van der Waals surface area (Å²) in [5.74, 6) is 1.56. The molecule has 0 amide bonds. The number of rotatable bonds is 3. The first-order valence-electron chi connectivity index (χ1n) is 7.53. The van der Waals surface area contributed by atoms with Crippen LogP contribution in [0.15, 0.2) is 18.2 Å². The summed E-state index contributed by atoms with van der Waals surface area (Å²) < 4.78 is 1.92. The van der Waals surface area contributed by atoms with Crippen molar-refractivity contribution < 1.29 is 0 Å². The van der Waals surface area contributed by atoms with Crippen LogP contribution in [0.4, 0.5) is 5.69 Å². The average molecular weight is 306 g/mol. The zero-order valence-electron chi connectivity index (χ0n) is 12.2. The fourth-order valence-electron chi connectivity index (χ4n) is 3.14. The number of aromatic nitrogens is 4. The normalized spacial score (nSPS) is 22.4. The third kappa shape index (κ3) is 2.75. The maximum Gasteiger partial charge on any atom is 0.183 e. The second-order valence-corrected chi connectivity index (χ2v) is 6.12. The molecule has 2 N–H and O–H groups in total. The fraction of sp³-hybridized carbons (Fsp3) is 0.533. The first-order chi connectivity index (χ1) is 10.2. The maximum atomic E-state index is 6.31. The largest absolute Gasteiger partial charge is 0.398 e. The van der Waals surface area contributed by atoms with Gasteiger partial charge >= 0.3 is 0 Å². The van der Waals surface area contributed by atoms with Crippen LogP contribution in [0.5, 0.6) is 0 Å². The van der Waals surface area contributed by atoms with Gasteiger partial charge in [0.15, 0.2) is 5.82 Å². The summed E-state index contributed by atoms with van der Waals surface area (Å²) in [5, 5.41) is 12.7. The number of nitrogens with zero attached hydrogens (tertiary/aromatic N) is 4. The van der Waals surface area contributed by atoms with Gasteiger partial charge in [-0.15, -0.1) is 5.10 Å². The molecule has 3 rings (SSSR count). The van der Waals surface area contributed by atoms with Crippen LogP contribution in [-0.2, 0) is 0 Å². The molecular weight excluding hydrogens is 286 g/mol. The summed E-state index contributed by atoms with van der Waals surface area (Å²) in [6.45, 7) is 2.26. The third-order valence-electron chi connectivity index (χ3n) is 4.50. The van der Waals surface area contributed by atoms with Gasteiger partial charge in [0.1, 0.15) is 0 Å². The standard InChI is InChI=1S/C15H20ClN5/c1-2-10-6-8-11(9-7-10)21-15(18-19-20-21)12-4-3-5-13(17)14(12)16/h3-5,10-11H,2,6-9,17H2,1H3. The summed E-state index contributed by atoms with van der Waals surface area (Å²) >= 11 is 6.31. The predicted molar refractivity (Wildman–Crippen MR) is 84.0 cm³/mol. The van der Waals surface area contributed by atoms with E-state index in [1.807, 2.05) is 16.8 Å². The third-order valence-corrected chi connectivity index (χ3v) is 4.92. The van der Waals surface area contributed by atoms with Crippen LogP contribution in [0.25, 0.3) is 11.4 Å². The van der Waals surface area contributed by atoms with E-state index in [-0.39, 0.29) is 0 Å². The van der Waals surface area contributed by atoms with Crippen LogP contribution in [-0.4, -0.2) is 20.2 Å². The van der Waals surface area contributed by atoms with Crippen LogP contribution in [0.3, 0.4) is 0 Å². The van der Waals surface area contributed by atoms with Gasteiger partial charge in [0.05, 0.1) is 16.8 Å². The topological polar surface area (TPSA) is 69.6 Å². The minimum absolute atomic E-state index is 0.357. The predicted octanol–water partition coefficient (Wildman–Crippen LogP) is 3.72. The molecule has 0 radical (unpaired) electrons. The van der Waals surface area contributed by atoms with Gasteiger partial charge in [-0.05, 0) is 54.2 Å². The molecule has 21 heavy (non-hydrogen) atoms. The molecule has 5 nitrogen and oxygen atoms in total. The van der Waals surface area contributed by atoms with Crippen molar-refractivity contribution >= 4 is 17.3 Å². The molecule has 2 aromatic rings. The number of nitrogens with two attached hydrogens (primary N) is 1. The Morgan fingerprint density at radius 1 is 1.29 bits per heavy atom. The second-order valence-electron chi connectivity index (χ2n) is 5.74. The summed E-state index contributed by atoms with van der Waals surface area (Å²) in [4.78, 5) is 0. The van der Waals surface area contributed by atoms with E-state index in [0.717, 1.165) is 24.3 Å². The number of anilines is 1. The zero-order chi connectivity index (χ0) is 14.8. The molecule has 0 aliphatic heterocycles. The molecule has 112 valence electrons. The van der Waals surface area contributed by atoms with Crippen molar-refractivity contribution in [2.75, 3.05) is 5.73 Å². The van der Waals surface area contributed by atoms with Crippen molar-refractivity contribution in [2.24, 2.45) is 5.92 Å². The van der Waals surface area contributed by atoms with E-state index in [4.69, 9.17) is 17.3 Å². The van der Waals surface area contributed by atoms with Gasteiger partial charge in [0.25, 0.3) is 0 Å².